The molecule has 0 radical (unpaired) electrons. The highest BCUT2D eigenvalue weighted by Gasteiger charge is 2.32. The number of amides is 3. The first-order valence-corrected chi connectivity index (χ1v) is 8.88. The summed E-state index contributed by atoms with van der Waals surface area (Å²) in [7, 11) is 0. The van der Waals surface area contributed by atoms with Crippen LogP contribution in [0, 0.1) is 6.92 Å². The van der Waals surface area contributed by atoms with Gasteiger partial charge in [-0.2, -0.15) is 0 Å². The molecule has 3 rings (SSSR count). The van der Waals surface area contributed by atoms with Gasteiger partial charge in [0.25, 0.3) is 5.91 Å². The van der Waals surface area contributed by atoms with E-state index in [2.05, 4.69) is 16.0 Å². The molecular weight excluding hydrogens is 342 g/mol. The number of aryl methyl sites for hydroxylation is 1. The summed E-state index contributed by atoms with van der Waals surface area (Å²) in [6, 6.07) is 14.1. The molecule has 0 aromatic heterocycles. The molecule has 0 saturated heterocycles. The molecule has 0 saturated carbocycles. The number of ether oxygens (including phenoxy) is 1. The summed E-state index contributed by atoms with van der Waals surface area (Å²) in [5.74, 6) is 0.312. The zero-order valence-corrected chi connectivity index (χ0v) is 15.6. The summed E-state index contributed by atoms with van der Waals surface area (Å²) in [5.41, 5.74) is 3.46. The first-order valence-electron chi connectivity index (χ1n) is 8.88. The van der Waals surface area contributed by atoms with E-state index in [1.54, 1.807) is 19.1 Å². The molecule has 3 N–H and O–H groups in total. The minimum absolute atomic E-state index is 0.291. The Morgan fingerprint density at radius 1 is 1.11 bits per heavy atom. The number of nitrogens with one attached hydrogen (secondary N) is 3. The number of hydrogen-bond acceptors (Lipinski definition) is 3. The lowest BCUT2D eigenvalue weighted by molar-refractivity contribution is -0.113. The number of allylic oxidation sites excluding steroid dienone is 1. The Balaban J connectivity index is 1.97. The van der Waals surface area contributed by atoms with Gasteiger partial charge in [-0.15, -0.1) is 0 Å². The van der Waals surface area contributed by atoms with Gasteiger partial charge in [-0.1, -0.05) is 36.4 Å². The van der Waals surface area contributed by atoms with Crippen LogP contribution in [-0.4, -0.2) is 18.5 Å². The lowest BCUT2D eigenvalue weighted by atomic mass is 9.92. The molecule has 1 aliphatic rings. The second kappa shape index (κ2) is 7.95. The highest BCUT2D eigenvalue weighted by atomic mass is 16.5. The van der Waals surface area contributed by atoms with Crippen molar-refractivity contribution >= 4 is 17.6 Å². The fraction of sp³-hybridized carbons (Fsp3) is 0.238. The summed E-state index contributed by atoms with van der Waals surface area (Å²) in [6.45, 7) is 6.07. The molecule has 0 bridgehead atoms. The van der Waals surface area contributed by atoms with E-state index in [0.29, 0.717) is 29.3 Å². The molecule has 0 unspecified atom stereocenters. The number of carbonyl (C=O) groups excluding carboxylic acids is 2. The smallest absolute Gasteiger partial charge is 0.319 e. The Morgan fingerprint density at radius 3 is 2.56 bits per heavy atom. The molecule has 0 fully saturated rings. The Bertz CT molecular complexity index is 905. The van der Waals surface area contributed by atoms with E-state index in [4.69, 9.17) is 4.74 Å². The molecule has 6 heteroatoms. The van der Waals surface area contributed by atoms with Gasteiger partial charge < -0.3 is 20.7 Å². The van der Waals surface area contributed by atoms with Gasteiger partial charge in [0, 0.05) is 5.70 Å². The molecule has 2 aromatic carbocycles. The summed E-state index contributed by atoms with van der Waals surface area (Å²) in [5, 5.41) is 8.47. The van der Waals surface area contributed by atoms with Crippen LogP contribution in [0.5, 0.6) is 5.75 Å². The SMILES string of the molecule is CCOc1ccccc1NC(=O)C1=C(C)NC(=O)N[C@H]1c1ccccc1C. The minimum atomic E-state index is -0.529. The maximum atomic E-state index is 13.1. The van der Waals surface area contributed by atoms with E-state index >= 15 is 0 Å². The highest BCUT2D eigenvalue weighted by Crippen LogP contribution is 2.31. The minimum Gasteiger partial charge on any atom is -0.492 e. The van der Waals surface area contributed by atoms with Gasteiger partial charge in [0.05, 0.1) is 23.9 Å². The molecule has 140 valence electrons. The van der Waals surface area contributed by atoms with Gasteiger partial charge in [0.2, 0.25) is 0 Å². The summed E-state index contributed by atoms with van der Waals surface area (Å²) in [6.07, 6.45) is 0. The second-order valence-corrected chi connectivity index (χ2v) is 6.31. The van der Waals surface area contributed by atoms with E-state index in [-0.39, 0.29) is 11.9 Å². The Kier molecular flexibility index (Phi) is 5.45. The van der Waals surface area contributed by atoms with Crippen molar-refractivity contribution in [1.29, 1.82) is 0 Å². The van der Waals surface area contributed by atoms with Crippen molar-refractivity contribution in [2.24, 2.45) is 0 Å². The third-order valence-electron chi connectivity index (χ3n) is 4.45. The Labute approximate surface area is 158 Å². The molecule has 0 aliphatic carbocycles. The average Bonchev–Trinajstić information content (AvgIpc) is 2.63. The third-order valence-corrected chi connectivity index (χ3v) is 4.45. The van der Waals surface area contributed by atoms with Crippen LogP contribution in [0.4, 0.5) is 10.5 Å². The lowest BCUT2D eigenvalue weighted by Crippen LogP contribution is -2.46. The number of urea groups is 1. The molecular formula is C21H23N3O3. The van der Waals surface area contributed by atoms with Crippen LogP contribution in [0.1, 0.15) is 31.0 Å². The van der Waals surface area contributed by atoms with Crippen molar-refractivity contribution < 1.29 is 14.3 Å². The molecule has 1 atom stereocenters. The number of para-hydroxylation sites is 2. The fourth-order valence-corrected chi connectivity index (χ4v) is 3.18. The van der Waals surface area contributed by atoms with Gasteiger partial charge in [-0.25, -0.2) is 4.79 Å². The van der Waals surface area contributed by atoms with Crippen molar-refractivity contribution in [3.8, 4) is 5.75 Å². The summed E-state index contributed by atoms with van der Waals surface area (Å²) < 4.78 is 5.58. The topological polar surface area (TPSA) is 79.5 Å². The summed E-state index contributed by atoms with van der Waals surface area (Å²) >= 11 is 0. The summed E-state index contributed by atoms with van der Waals surface area (Å²) in [4.78, 5) is 25.1. The first-order chi connectivity index (χ1) is 13.0. The van der Waals surface area contributed by atoms with Crippen LogP contribution in [-0.2, 0) is 4.79 Å². The van der Waals surface area contributed by atoms with Crippen LogP contribution in [0.3, 0.4) is 0 Å². The Morgan fingerprint density at radius 2 is 1.81 bits per heavy atom. The van der Waals surface area contributed by atoms with Crippen LogP contribution < -0.4 is 20.7 Å². The molecule has 0 spiro atoms. The van der Waals surface area contributed by atoms with Crippen molar-refractivity contribution in [1.82, 2.24) is 10.6 Å². The average molecular weight is 365 g/mol. The molecule has 1 aliphatic heterocycles. The number of anilines is 1. The largest absolute Gasteiger partial charge is 0.492 e. The number of benzene rings is 2. The second-order valence-electron chi connectivity index (χ2n) is 6.31. The van der Waals surface area contributed by atoms with Crippen molar-refractivity contribution in [3.05, 3.63) is 70.9 Å². The number of rotatable bonds is 5. The normalized spacial score (nSPS) is 16.4. The van der Waals surface area contributed by atoms with Gasteiger partial charge in [0.1, 0.15) is 5.75 Å². The number of carbonyl (C=O) groups is 2. The molecule has 27 heavy (non-hydrogen) atoms. The van der Waals surface area contributed by atoms with Crippen molar-refractivity contribution in [2.75, 3.05) is 11.9 Å². The van der Waals surface area contributed by atoms with Crippen LogP contribution in [0.25, 0.3) is 0 Å². The van der Waals surface area contributed by atoms with Gasteiger partial charge in [-0.05, 0) is 44.0 Å². The number of hydrogen-bond donors (Lipinski definition) is 3. The van der Waals surface area contributed by atoms with E-state index in [0.717, 1.165) is 11.1 Å². The highest BCUT2D eigenvalue weighted by molar-refractivity contribution is 6.07. The monoisotopic (exact) mass is 365 g/mol. The zero-order valence-electron chi connectivity index (χ0n) is 15.6. The first kappa shape index (κ1) is 18.5. The van der Waals surface area contributed by atoms with Gasteiger partial charge in [-0.3, -0.25) is 4.79 Å². The standard InChI is InChI=1S/C21H23N3O3/c1-4-27-17-12-8-7-11-16(17)23-20(25)18-14(3)22-21(26)24-19(18)15-10-6-5-9-13(15)2/h5-12,19H,4H2,1-3H3,(H,23,25)(H2,22,24,26)/t19-/m0/s1. The van der Waals surface area contributed by atoms with E-state index < -0.39 is 6.04 Å². The molecule has 3 amide bonds. The van der Waals surface area contributed by atoms with Crippen LogP contribution >= 0.6 is 0 Å². The van der Waals surface area contributed by atoms with Crippen LogP contribution in [0.15, 0.2) is 59.8 Å². The Hall–Kier alpha value is -3.28. The van der Waals surface area contributed by atoms with E-state index in [9.17, 15) is 9.59 Å². The third kappa shape index (κ3) is 3.95. The predicted octanol–water partition coefficient (Wildman–Crippen LogP) is 3.66. The maximum absolute atomic E-state index is 13.1. The van der Waals surface area contributed by atoms with Crippen molar-refractivity contribution in [2.45, 2.75) is 26.8 Å². The predicted molar refractivity (Wildman–Crippen MR) is 105 cm³/mol. The van der Waals surface area contributed by atoms with Gasteiger partial charge >= 0.3 is 6.03 Å². The fourth-order valence-electron chi connectivity index (χ4n) is 3.18. The molecule has 6 nitrogen and oxygen atoms in total. The van der Waals surface area contributed by atoms with Crippen molar-refractivity contribution in [3.63, 3.8) is 0 Å². The van der Waals surface area contributed by atoms with Crippen LogP contribution in [0.2, 0.25) is 0 Å². The molecule has 2 aromatic rings. The maximum Gasteiger partial charge on any atom is 0.319 e. The van der Waals surface area contributed by atoms with E-state index in [1.807, 2.05) is 50.2 Å². The van der Waals surface area contributed by atoms with E-state index in [1.165, 1.54) is 0 Å². The molecule has 1 heterocycles. The quantitative estimate of drug-likeness (QED) is 0.756. The van der Waals surface area contributed by atoms with Gasteiger partial charge in [0.15, 0.2) is 0 Å². The zero-order chi connectivity index (χ0) is 19.4. The lowest BCUT2D eigenvalue weighted by Gasteiger charge is -2.29.